The summed E-state index contributed by atoms with van der Waals surface area (Å²) in [4.78, 5) is 19.1. The predicted molar refractivity (Wildman–Crippen MR) is 93.2 cm³/mol. The number of nitrogens with zero attached hydrogens (tertiary/aromatic N) is 2. The molecule has 3 rings (SSSR count). The molecule has 0 aliphatic heterocycles. The fourth-order valence-corrected chi connectivity index (χ4v) is 2.81. The number of benzene rings is 1. The summed E-state index contributed by atoms with van der Waals surface area (Å²) in [6.45, 7) is 0.558. The van der Waals surface area contributed by atoms with Gasteiger partial charge < -0.3 is 19.1 Å². The molecule has 0 unspecified atom stereocenters. The normalized spacial score (nSPS) is 13.2. The molecule has 1 aliphatic carbocycles. The van der Waals surface area contributed by atoms with E-state index in [1.165, 1.54) is 0 Å². The number of aromatic nitrogens is 1. The fourth-order valence-electron chi connectivity index (χ4n) is 2.81. The van der Waals surface area contributed by atoms with E-state index in [9.17, 15) is 4.79 Å². The minimum Gasteiger partial charge on any atom is -0.493 e. The van der Waals surface area contributed by atoms with Crippen LogP contribution in [-0.2, 0) is 6.54 Å². The molecule has 25 heavy (non-hydrogen) atoms. The zero-order valence-electron chi connectivity index (χ0n) is 14.7. The minimum absolute atomic E-state index is 0.0430. The number of hydrogen-bond acceptors (Lipinski definition) is 5. The lowest BCUT2D eigenvalue weighted by Crippen LogP contribution is -2.32. The van der Waals surface area contributed by atoms with Gasteiger partial charge >= 0.3 is 0 Å². The van der Waals surface area contributed by atoms with Gasteiger partial charge in [0.1, 0.15) is 0 Å². The van der Waals surface area contributed by atoms with Crippen molar-refractivity contribution in [3.05, 3.63) is 47.8 Å². The van der Waals surface area contributed by atoms with Crippen LogP contribution in [0.15, 0.2) is 36.7 Å². The molecule has 1 amide bonds. The van der Waals surface area contributed by atoms with Crippen molar-refractivity contribution in [3.63, 3.8) is 0 Å². The highest BCUT2D eigenvalue weighted by Gasteiger charge is 2.33. The largest absolute Gasteiger partial charge is 0.493 e. The van der Waals surface area contributed by atoms with Gasteiger partial charge in [0.05, 0.1) is 21.3 Å². The van der Waals surface area contributed by atoms with Crippen molar-refractivity contribution in [1.29, 1.82) is 0 Å². The first-order valence-electron chi connectivity index (χ1n) is 8.17. The quantitative estimate of drug-likeness (QED) is 0.774. The van der Waals surface area contributed by atoms with E-state index in [1.807, 2.05) is 17.0 Å². The highest BCUT2D eigenvalue weighted by Crippen LogP contribution is 2.39. The Morgan fingerprint density at radius 1 is 1.08 bits per heavy atom. The van der Waals surface area contributed by atoms with Crippen LogP contribution in [-0.4, -0.2) is 43.2 Å². The van der Waals surface area contributed by atoms with Crippen LogP contribution < -0.4 is 14.2 Å². The average molecular weight is 342 g/mol. The molecule has 1 fully saturated rings. The maximum Gasteiger partial charge on any atom is 0.254 e. The van der Waals surface area contributed by atoms with Crippen LogP contribution in [0, 0.1) is 0 Å². The first-order chi connectivity index (χ1) is 12.2. The van der Waals surface area contributed by atoms with E-state index >= 15 is 0 Å². The number of carbonyl (C=O) groups is 1. The Hall–Kier alpha value is -2.76. The third-order valence-corrected chi connectivity index (χ3v) is 4.26. The van der Waals surface area contributed by atoms with Gasteiger partial charge in [0.25, 0.3) is 5.91 Å². The molecule has 1 aromatic carbocycles. The summed E-state index contributed by atoms with van der Waals surface area (Å²) in [5.41, 5.74) is 1.58. The van der Waals surface area contributed by atoms with Gasteiger partial charge in [0.2, 0.25) is 5.75 Å². The van der Waals surface area contributed by atoms with Gasteiger partial charge in [-0.2, -0.15) is 0 Å². The third-order valence-electron chi connectivity index (χ3n) is 4.26. The van der Waals surface area contributed by atoms with Gasteiger partial charge in [-0.05, 0) is 42.7 Å². The van der Waals surface area contributed by atoms with Crippen LogP contribution in [0.3, 0.4) is 0 Å². The monoisotopic (exact) mass is 342 g/mol. The zero-order chi connectivity index (χ0) is 17.8. The molecule has 0 radical (unpaired) electrons. The van der Waals surface area contributed by atoms with Gasteiger partial charge in [-0.3, -0.25) is 9.78 Å². The SMILES string of the molecule is COc1cc(C(=O)N(Cc2ccncc2)C2CC2)cc(OC)c1OC. The predicted octanol–water partition coefficient (Wildman–Crippen LogP) is 2.91. The molecule has 6 nitrogen and oxygen atoms in total. The summed E-state index contributed by atoms with van der Waals surface area (Å²) >= 11 is 0. The molecule has 0 bridgehead atoms. The molecule has 0 spiro atoms. The van der Waals surface area contributed by atoms with E-state index in [0.717, 1.165) is 18.4 Å². The molecule has 1 heterocycles. The molecule has 0 atom stereocenters. The Morgan fingerprint density at radius 3 is 2.16 bits per heavy atom. The van der Waals surface area contributed by atoms with Crippen LogP contribution in [0.1, 0.15) is 28.8 Å². The molecular weight excluding hydrogens is 320 g/mol. The first-order valence-corrected chi connectivity index (χ1v) is 8.17. The van der Waals surface area contributed by atoms with Gasteiger partial charge in [-0.15, -0.1) is 0 Å². The molecule has 2 aromatic rings. The van der Waals surface area contributed by atoms with E-state index in [2.05, 4.69) is 4.98 Å². The van der Waals surface area contributed by atoms with Gasteiger partial charge in [-0.25, -0.2) is 0 Å². The number of pyridine rings is 1. The van der Waals surface area contributed by atoms with Crippen molar-refractivity contribution in [2.45, 2.75) is 25.4 Å². The summed E-state index contributed by atoms with van der Waals surface area (Å²) in [6.07, 6.45) is 5.54. The number of carbonyl (C=O) groups excluding carboxylic acids is 1. The topological polar surface area (TPSA) is 60.9 Å². The molecule has 6 heteroatoms. The van der Waals surface area contributed by atoms with Crippen LogP contribution in [0.5, 0.6) is 17.2 Å². The van der Waals surface area contributed by atoms with E-state index in [-0.39, 0.29) is 11.9 Å². The average Bonchev–Trinajstić information content (AvgIpc) is 3.50. The van der Waals surface area contributed by atoms with Crippen molar-refractivity contribution in [2.24, 2.45) is 0 Å². The van der Waals surface area contributed by atoms with E-state index in [4.69, 9.17) is 14.2 Å². The molecule has 1 aromatic heterocycles. The molecule has 1 aliphatic rings. The minimum atomic E-state index is -0.0430. The zero-order valence-corrected chi connectivity index (χ0v) is 14.7. The molecule has 0 saturated heterocycles. The molecule has 1 saturated carbocycles. The van der Waals surface area contributed by atoms with Gasteiger partial charge in [0, 0.05) is 30.5 Å². The van der Waals surface area contributed by atoms with Crippen LogP contribution in [0.2, 0.25) is 0 Å². The Morgan fingerprint density at radius 2 is 1.68 bits per heavy atom. The summed E-state index contributed by atoms with van der Waals surface area (Å²) in [5.74, 6) is 1.39. The Balaban J connectivity index is 1.92. The second kappa shape index (κ2) is 7.42. The lowest BCUT2D eigenvalue weighted by atomic mass is 10.1. The van der Waals surface area contributed by atoms with Crippen molar-refractivity contribution in [3.8, 4) is 17.2 Å². The highest BCUT2D eigenvalue weighted by molar-refractivity contribution is 5.96. The number of amides is 1. The standard InChI is InChI=1S/C19H22N2O4/c1-23-16-10-14(11-17(24-2)18(16)25-3)19(22)21(15-4-5-15)12-13-6-8-20-9-7-13/h6-11,15H,4-5,12H2,1-3H3. The Kier molecular flexibility index (Phi) is 5.07. The van der Waals surface area contributed by atoms with Crippen LogP contribution in [0.4, 0.5) is 0 Å². The van der Waals surface area contributed by atoms with Crippen molar-refractivity contribution in [1.82, 2.24) is 9.88 Å². The second-order valence-corrected chi connectivity index (χ2v) is 5.93. The summed E-state index contributed by atoms with van der Waals surface area (Å²) in [7, 11) is 4.63. The summed E-state index contributed by atoms with van der Waals surface area (Å²) < 4.78 is 16.0. The third kappa shape index (κ3) is 3.68. The van der Waals surface area contributed by atoms with Gasteiger partial charge in [-0.1, -0.05) is 0 Å². The molecule has 0 N–H and O–H groups in total. The van der Waals surface area contributed by atoms with Crippen molar-refractivity contribution >= 4 is 5.91 Å². The number of hydrogen-bond donors (Lipinski definition) is 0. The van der Waals surface area contributed by atoms with Crippen LogP contribution >= 0.6 is 0 Å². The summed E-state index contributed by atoms with van der Waals surface area (Å²) in [6, 6.07) is 7.53. The molecule has 132 valence electrons. The highest BCUT2D eigenvalue weighted by atomic mass is 16.5. The smallest absolute Gasteiger partial charge is 0.254 e. The fraction of sp³-hybridized carbons (Fsp3) is 0.368. The van der Waals surface area contributed by atoms with Gasteiger partial charge in [0.15, 0.2) is 11.5 Å². The second-order valence-electron chi connectivity index (χ2n) is 5.93. The maximum atomic E-state index is 13.1. The van der Waals surface area contributed by atoms with Crippen molar-refractivity contribution < 1.29 is 19.0 Å². The molecular formula is C19H22N2O4. The first kappa shape index (κ1) is 17.1. The van der Waals surface area contributed by atoms with E-state index < -0.39 is 0 Å². The number of ether oxygens (including phenoxy) is 3. The Bertz CT molecular complexity index is 719. The Labute approximate surface area is 147 Å². The number of methoxy groups -OCH3 is 3. The van der Waals surface area contributed by atoms with E-state index in [0.29, 0.717) is 29.4 Å². The lowest BCUT2D eigenvalue weighted by Gasteiger charge is -2.23. The van der Waals surface area contributed by atoms with Crippen LogP contribution in [0.25, 0.3) is 0 Å². The lowest BCUT2D eigenvalue weighted by molar-refractivity contribution is 0.0729. The summed E-state index contributed by atoms with van der Waals surface area (Å²) in [5, 5.41) is 0. The van der Waals surface area contributed by atoms with E-state index in [1.54, 1.807) is 45.9 Å². The van der Waals surface area contributed by atoms with Crippen molar-refractivity contribution in [2.75, 3.05) is 21.3 Å². The number of rotatable bonds is 7. The maximum absolute atomic E-state index is 13.1.